The average Bonchev–Trinajstić information content (AvgIpc) is 3.05. The number of piperidine rings is 1. The van der Waals surface area contributed by atoms with Crippen LogP contribution in [0.1, 0.15) is 30.1 Å². The number of aromatic nitrogens is 2. The van der Waals surface area contributed by atoms with Crippen LogP contribution >= 0.6 is 0 Å². The van der Waals surface area contributed by atoms with E-state index in [0.717, 1.165) is 18.4 Å². The molecule has 0 radical (unpaired) electrons. The van der Waals surface area contributed by atoms with Gasteiger partial charge in [0.15, 0.2) is 12.4 Å². The van der Waals surface area contributed by atoms with Crippen molar-refractivity contribution in [1.29, 1.82) is 0 Å². The largest absolute Gasteiger partial charge is 0.484 e. The molecular weight excluding hydrogens is 322 g/mol. The summed E-state index contributed by atoms with van der Waals surface area (Å²) >= 11 is 0. The van der Waals surface area contributed by atoms with E-state index >= 15 is 0 Å². The van der Waals surface area contributed by atoms with Gasteiger partial charge in [0.25, 0.3) is 11.8 Å². The van der Waals surface area contributed by atoms with Crippen molar-refractivity contribution in [2.24, 2.45) is 0 Å². The highest BCUT2D eigenvalue weighted by atomic mass is 16.5. The van der Waals surface area contributed by atoms with Crippen LogP contribution in [0.15, 0.2) is 28.8 Å². The Balaban J connectivity index is 1.37. The Labute approximate surface area is 146 Å². The van der Waals surface area contributed by atoms with Crippen molar-refractivity contribution in [2.45, 2.75) is 39.4 Å². The molecule has 0 bridgehead atoms. The summed E-state index contributed by atoms with van der Waals surface area (Å²) in [4.78, 5) is 18.2. The molecule has 7 nitrogen and oxygen atoms in total. The van der Waals surface area contributed by atoms with Gasteiger partial charge in [-0.15, -0.1) is 0 Å². The lowest BCUT2D eigenvalue weighted by Crippen LogP contribution is -2.42. The predicted octanol–water partition coefficient (Wildman–Crippen LogP) is 2.27. The van der Waals surface area contributed by atoms with Crippen molar-refractivity contribution in [3.63, 3.8) is 0 Å². The second-order valence-corrected chi connectivity index (χ2v) is 6.23. The summed E-state index contributed by atoms with van der Waals surface area (Å²) in [6, 6.07) is 7.69. The van der Waals surface area contributed by atoms with Gasteiger partial charge in [-0.25, -0.2) is 0 Å². The molecule has 25 heavy (non-hydrogen) atoms. The molecule has 0 saturated carbocycles. The smallest absolute Gasteiger partial charge is 0.260 e. The van der Waals surface area contributed by atoms with Crippen LogP contribution in [-0.4, -0.2) is 46.7 Å². The second-order valence-electron chi connectivity index (χ2n) is 6.23. The van der Waals surface area contributed by atoms with E-state index < -0.39 is 0 Å². The first-order chi connectivity index (χ1) is 12.1. The third kappa shape index (κ3) is 5.03. The zero-order valence-electron chi connectivity index (χ0n) is 14.6. The summed E-state index contributed by atoms with van der Waals surface area (Å²) in [5.41, 5.74) is 1.16. The number of amides is 1. The summed E-state index contributed by atoms with van der Waals surface area (Å²) in [7, 11) is 0. The number of aryl methyl sites for hydroxylation is 2. The van der Waals surface area contributed by atoms with Gasteiger partial charge in [0.1, 0.15) is 12.4 Å². The quantitative estimate of drug-likeness (QED) is 0.799. The molecule has 1 aromatic heterocycles. The van der Waals surface area contributed by atoms with Crippen molar-refractivity contribution in [2.75, 3.05) is 19.7 Å². The van der Waals surface area contributed by atoms with Crippen LogP contribution in [0.5, 0.6) is 5.75 Å². The fraction of sp³-hybridized carbons (Fsp3) is 0.500. The van der Waals surface area contributed by atoms with Crippen molar-refractivity contribution in [3.8, 4) is 5.75 Å². The van der Waals surface area contributed by atoms with Crippen LogP contribution in [-0.2, 0) is 16.1 Å². The van der Waals surface area contributed by atoms with E-state index in [1.54, 1.807) is 6.92 Å². The minimum absolute atomic E-state index is 0.00607. The van der Waals surface area contributed by atoms with Crippen molar-refractivity contribution >= 4 is 5.91 Å². The molecule has 1 fully saturated rings. The normalized spacial score (nSPS) is 15.4. The number of ether oxygens (including phenoxy) is 2. The van der Waals surface area contributed by atoms with E-state index in [4.69, 9.17) is 14.0 Å². The molecule has 2 heterocycles. The monoisotopic (exact) mass is 345 g/mol. The Morgan fingerprint density at radius 3 is 2.60 bits per heavy atom. The molecule has 1 amide bonds. The minimum Gasteiger partial charge on any atom is -0.484 e. The lowest BCUT2D eigenvalue weighted by molar-refractivity contribution is -0.136. The highest BCUT2D eigenvalue weighted by Crippen LogP contribution is 2.16. The fourth-order valence-corrected chi connectivity index (χ4v) is 2.73. The molecule has 0 unspecified atom stereocenters. The number of carbonyl (C=O) groups excluding carboxylic acids is 1. The van der Waals surface area contributed by atoms with Gasteiger partial charge in [-0.1, -0.05) is 22.9 Å². The van der Waals surface area contributed by atoms with Crippen LogP contribution in [0, 0.1) is 13.8 Å². The summed E-state index contributed by atoms with van der Waals surface area (Å²) < 4.78 is 16.4. The predicted molar refractivity (Wildman–Crippen MR) is 90.1 cm³/mol. The average molecular weight is 345 g/mol. The number of hydrogen-bond acceptors (Lipinski definition) is 6. The topological polar surface area (TPSA) is 77.7 Å². The Kier molecular flexibility index (Phi) is 5.65. The molecule has 134 valence electrons. The number of carbonyl (C=O) groups is 1. The summed E-state index contributed by atoms with van der Waals surface area (Å²) in [6.45, 7) is 5.51. The Morgan fingerprint density at radius 1 is 1.24 bits per heavy atom. The standard InChI is InChI=1S/C18H23N3O4/c1-13-3-5-15(6-4-13)24-12-18(22)21-9-7-16(8-10-21)23-11-17-19-14(2)20-25-17/h3-6,16H,7-12H2,1-2H3. The van der Waals surface area contributed by atoms with Gasteiger partial charge in [-0.2, -0.15) is 4.98 Å². The maximum atomic E-state index is 12.3. The molecule has 1 aliphatic heterocycles. The lowest BCUT2D eigenvalue weighted by Gasteiger charge is -2.31. The maximum Gasteiger partial charge on any atom is 0.260 e. The molecule has 0 spiro atoms. The van der Waals surface area contributed by atoms with Crippen LogP contribution in [0.4, 0.5) is 0 Å². The Bertz CT molecular complexity index is 691. The van der Waals surface area contributed by atoms with Crippen molar-refractivity contribution in [1.82, 2.24) is 15.0 Å². The molecule has 0 aliphatic carbocycles. The summed E-state index contributed by atoms with van der Waals surface area (Å²) in [6.07, 6.45) is 1.70. The third-order valence-electron chi connectivity index (χ3n) is 4.19. The Morgan fingerprint density at radius 2 is 1.96 bits per heavy atom. The number of nitrogens with zero attached hydrogens (tertiary/aromatic N) is 3. The molecule has 0 atom stereocenters. The van der Waals surface area contributed by atoms with Crippen LogP contribution in [0.3, 0.4) is 0 Å². The van der Waals surface area contributed by atoms with Crippen LogP contribution in [0.2, 0.25) is 0 Å². The number of hydrogen-bond donors (Lipinski definition) is 0. The van der Waals surface area contributed by atoms with Crippen molar-refractivity contribution < 1.29 is 18.8 Å². The van der Waals surface area contributed by atoms with Crippen molar-refractivity contribution in [3.05, 3.63) is 41.5 Å². The van der Waals surface area contributed by atoms with Gasteiger partial charge in [0.2, 0.25) is 0 Å². The molecule has 7 heteroatoms. The first kappa shape index (κ1) is 17.4. The first-order valence-corrected chi connectivity index (χ1v) is 8.48. The van der Waals surface area contributed by atoms with Crippen LogP contribution < -0.4 is 4.74 Å². The maximum absolute atomic E-state index is 12.3. The number of benzene rings is 1. The fourth-order valence-electron chi connectivity index (χ4n) is 2.73. The van der Waals surface area contributed by atoms with Crippen LogP contribution in [0.25, 0.3) is 0 Å². The van der Waals surface area contributed by atoms with Gasteiger partial charge in [0, 0.05) is 13.1 Å². The van der Waals surface area contributed by atoms with Gasteiger partial charge in [0.05, 0.1) is 6.10 Å². The van der Waals surface area contributed by atoms with E-state index in [2.05, 4.69) is 10.1 Å². The zero-order valence-corrected chi connectivity index (χ0v) is 14.6. The molecule has 2 aromatic rings. The molecule has 1 aliphatic rings. The third-order valence-corrected chi connectivity index (χ3v) is 4.19. The Hall–Kier alpha value is -2.41. The van der Waals surface area contributed by atoms with E-state index in [1.807, 2.05) is 36.1 Å². The molecular formula is C18H23N3O4. The second kappa shape index (κ2) is 8.11. The van der Waals surface area contributed by atoms with E-state index in [0.29, 0.717) is 37.2 Å². The van der Waals surface area contributed by atoms with Gasteiger partial charge in [-0.05, 0) is 38.8 Å². The van der Waals surface area contributed by atoms with E-state index in [1.165, 1.54) is 0 Å². The molecule has 0 N–H and O–H groups in total. The minimum atomic E-state index is 0.00607. The van der Waals surface area contributed by atoms with Gasteiger partial charge >= 0.3 is 0 Å². The SMILES string of the molecule is Cc1ccc(OCC(=O)N2CCC(OCc3nc(C)no3)CC2)cc1. The summed E-state index contributed by atoms with van der Waals surface area (Å²) in [5, 5.41) is 3.73. The van der Waals surface area contributed by atoms with E-state index in [9.17, 15) is 4.79 Å². The lowest BCUT2D eigenvalue weighted by atomic mass is 10.1. The molecule has 1 aromatic carbocycles. The highest BCUT2D eigenvalue weighted by Gasteiger charge is 2.24. The summed E-state index contributed by atoms with van der Waals surface area (Å²) in [5.74, 6) is 1.81. The highest BCUT2D eigenvalue weighted by molar-refractivity contribution is 5.77. The zero-order chi connectivity index (χ0) is 17.6. The molecule has 1 saturated heterocycles. The van der Waals surface area contributed by atoms with Gasteiger partial charge in [-0.3, -0.25) is 4.79 Å². The number of rotatable bonds is 6. The first-order valence-electron chi connectivity index (χ1n) is 8.48. The van der Waals surface area contributed by atoms with Gasteiger partial charge < -0.3 is 18.9 Å². The number of likely N-dealkylation sites (tertiary alicyclic amines) is 1. The molecule has 3 rings (SSSR count). The van der Waals surface area contributed by atoms with E-state index in [-0.39, 0.29) is 18.6 Å².